The number of aryl methyl sites for hydroxylation is 1. The molecule has 0 radical (unpaired) electrons. The van der Waals surface area contributed by atoms with Crippen LogP contribution in [0.4, 0.5) is 5.82 Å². The summed E-state index contributed by atoms with van der Waals surface area (Å²) >= 11 is 0. The van der Waals surface area contributed by atoms with Crippen LogP contribution in [0.25, 0.3) is 11.5 Å². The van der Waals surface area contributed by atoms with E-state index in [1.165, 1.54) is 5.56 Å². The molecule has 0 spiro atoms. The van der Waals surface area contributed by atoms with E-state index in [0.29, 0.717) is 12.4 Å². The van der Waals surface area contributed by atoms with Gasteiger partial charge in [0, 0.05) is 23.0 Å². The van der Waals surface area contributed by atoms with Crippen molar-refractivity contribution in [2.24, 2.45) is 0 Å². The number of pyridine rings is 1. The molecule has 0 bridgehead atoms. The Bertz CT molecular complexity index is 712. The Kier molecular flexibility index (Phi) is 5.30. The average molecular weight is 341 g/mol. The summed E-state index contributed by atoms with van der Waals surface area (Å²) in [6, 6.07) is 5.75. The highest BCUT2D eigenvalue weighted by molar-refractivity contribution is 5.57. The van der Waals surface area contributed by atoms with Crippen molar-refractivity contribution in [3.63, 3.8) is 0 Å². The smallest absolute Gasteiger partial charge is 0.180 e. The number of fused-ring (bicyclic) bond motifs is 1. The molecule has 6 nitrogen and oxygen atoms in total. The molecule has 2 heterocycles. The van der Waals surface area contributed by atoms with Crippen molar-refractivity contribution in [3.8, 4) is 11.5 Å². The number of nitrogens with one attached hydrogen (secondary N) is 2. The molecular formula is C19H27N5O. The van der Waals surface area contributed by atoms with Gasteiger partial charge in [0.25, 0.3) is 0 Å². The number of hydrogen-bond donors (Lipinski definition) is 3. The third kappa shape index (κ3) is 4.74. The summed E-state index contributed by atoms with van der Waals surface area (Å²) in [4.78, 5) is 13.8. The molecule has 2 aromatic heterocycles. The van der Waals surface area contributed by atoms with Gasteiger partial charge in [-0.25, -0.2) is 9.97 Å². The molecule has 1 unspecified atom stereocenters. The minimum Gasteiger partial charge on any atom is -0.377 e. The molecule has 2 aromatic rings. The lowest BCUT2D eigenvalue weighted by molar-refractivity contribution is 0.117. The minimum absolute atomic E-state index is 0.148. The molecule has 3 N–H and O–H groups in total. The number of nitrogens with zero attached hydrogens (tertiary/aromatic N) is 3. The van der Waals surface area contributed by atoms with Gasteiger partial charge in [-0.15, -0.1) is 0 Å². The first-order valence-corrected chi connectivity index (χ1v) is 8.93. The molecule has 6 heteroatoms. The second-order valence-electron chi connectivity index (χ2n) is 7.53. The van der Waals surface area contributed by atoms with E-state index >= 15 is 0 Å². The van der Waals surface area contributed by atoms with Gasteiger partial charge in [-0.2, -0.15) is 0 Å². The van der Waals surface area contributed by atoms with Crippen LogP contribution in [0.15, 0.2) is 24.4 Å². The van der Waals surface area contributed by atoms with Gasteiger partial charge in [0.05, 0.1) is 6.54 Å². The van der Waals surface area contributed by atoms with E-state index in [0.717, 1.165) is 42.9 Å². The number of rotatable bonds is 5. The summed E-state index contributed by atoms with van der Waals surface area (Å²) in [5.41, 5.74) is 2.90. The molecule has 3 rings (SSSR count). The van der Waals surface area contributed by atoms with Gasteiger partial charge in [0.1, 0.15) is 17.7 Å². The van der Waals surface area contributed by atoms with E-state index < -0.39 is 6.23 Å². The minimum atomic E-state index is -0.646. The van der Waals surface area contributed by atoms with Crippen LogP contribution in [0.5, 0.6) is 0 Å². The molecule has 0 amide bonds. The largest absolute Gasteiger partial charge is 0.377 e. The molecule has 0 saturated heterocycles. The first kappa shape index (κ1) is 17.8. The number of aliphatic hydroxyl groups excluding tert-OH is 1. The molecule has 1 atom stereocenters. The van der Waals surface area contributed by atoms with Crippen LogP contribution in [0.2, 0.25) is 0 Å². The fourth-order valence-electron chi connectivity index (χ4n) is 3.09. The molecular weight excluding hydrogens is 314 g/mol. The zero-order valence-electron chi connectivity index (χ0n) is 15.2. The number of aromatic nitrogens is 3. The second kappa shape index (κ2) is 7.45. The maximum Gasteiger partial charge on any atom is 0.180 e. The highest BCUT2D eigenvalue weighted by Gasteiger charge is 2.20. The van der Waals surface area contributed by atoms with Crippen LogP contribution >= 0.6 is 0 Å². The summed E-state index contributed by atoms with van der Waals surface area (Å²) < 4.78 is 0. The number of aliphatic hydroxyl groups is 1. The molecule has 0 saturated carbocycles. The third-order valence-electron chi connectivity index (χ3n) is 4.14. The molecule has 0 fully saturated rings. The zero-order valence-corrected chi connectivity index (χ0v) is 15.2. The Balaban J connectivity index is 1.84. The maximum atomic E-state index is 10.2. The quantitative estimate of drug-likeness (QED) is 0.725. The highest BCUT2D eigenvalue weighted by Crippen LogP contribution is 2.27. The summed E-state index contributed by atoms with van der Waals surface area (Å²) in [6.45, 7) is 6.48. The van der Waals surface area contributed by atoms with Crippen LogP contribution in [-0.4, -0.2) is 38.4 Å². The van der Waals surface area contributed by atoms with E-state index in [1.807, 2.05) is 39.0 Å². The predicted molar refractivity (Wildman–Crippen MR) is 99.3 cm³/mol. The van der Waals surface area contributed by atoms with Crippen molar-refractivity contribution in [1.29, 1.82) is 0 Å². The van der Waals surface area contributed by atoms with Crippen LogP contribution in [0.3, 0.4) is 0 Å². The molecule has 0 aromatic carbocycles. The predicted octanol–water partition coefficient (Wildman–Crippen LogP) is 2.54. The first-order valence-electron chi connectivity index (χ1n) is 8.93. The SMILES string of the molecule is CC(C)(C)NC(O)CNc1nc(-c2ccccn2)nc2c1CCCC2. The second-order valence-corrected chi connectivity index (χ2v) is 7.53. The van der Waals surface area contributed by atoms with E-state index in [-0.39, 0.29) is 5.54 Å². The van der Waals surface area contributed by atoms with E-state index in [1.54, 1.807) is 6.20 Å². The Morgan fingerprint density at radius 3 is 2.68 bits per heavy atom. The summed E-state index contributed by atoms with van der Waals surface area (Å²) in [7, 11) is 0. The third-order valence-corrected chi connectivity index (χ3v) is 4.14. The van der Waals surface area contributed by atoms with Gasteiger partial charge in [0.2, 0.25) is 0 Å². The van der Waals surface area contributed by atoms with Crippen molar-refractivity contribution in [3.05, 3.63) is 35.7 Å². The topological polar surface area (TPSA) is 83.0 Å². The van der Waals surface area contributed by atoms with Gasteiger partial charge >= 0.3 is 0 Å². The van der Waals surface area contributed by atoms with E-state index in [9.17, 15) is 5.11 Å². The van der Waals surface area contributed by atoms with Crippen LogP contribution in [0.1, 0.15) is 44.9 Å². The number of anilines is 1. The standard InChI is InChI=1S/C19H27N5O/c1-19(2,3)24-16(25)12-21-17-13-8-4-5-9-14(13)22-18(23-17)15-10-6-7-11-20-15/h6-7,10-11,16,24-25H,4-5,8-9,12H2,1-3H3,(H,21,22,23). The highest BCUT2D eigenvalue weighted by atomic mass is 16.3. The normalized spacial score (nSPS) is 15.5. The molecule has 1 aliphatic rings. The van der Waals surface area contributed by atoms with Crippen LogP contribution in [-0.2, 0) is 12.8 Å². The Morgan fingerprint density at radius 1 is 1.16 bits per heavy atom. The fraction of sp³-hybridized carbons (Fsp3) is 0.526. The van der Waals surface area contributed by atoms with Gasteiger partial charge in [-0.1, -0.05) is 6.07 Å². The van der Waals surface area contributed by atoms with Gasteiger partial charge < -0.3 is 10.4 Å². The van der Waals surface area contributed by atoms with E-state index in [4.69, 9.17) is 9.97 Å². The monoisotopic (exact) mass is 341 g/mol. The average Bonchev–Trinajstić information content (AvgIpc) is 2.58. The maximum absolute atomic E-state index is 10.2. The van der Waals surface area contributed by atoms with E-state index in [2.05, 4.69) is 15.6 Å². The Labute approximate surface area is 149 Å². The molecule has 134 valence electrons. The Hall–Kier alpha value is -2.05. The number of hydrogen-bond acceptors (Lipinski definition) is 6. The lowest BCUT2D eigenvalue weighted by Gasteiger charge is -2.26. The van der Waals surface area contributed by atoms with Crippen molar-refractivity contribution >= 4 is 5.82 Å². The summed E-state index contributed by atoms with van der Waals surface area (Å²) in [5.74, 6) is 1.46. The summed E-state index contributed by atoms with van der Waals surface area (Å²) in [5, 5.41) is 16.7. The van der Waals surface area contributed by atoms with Crippen LogP contribution in [0, 0.1) is 0 Å². The van der Waals surface area contributed by atoms with Gasteiger partial charge in [-0.3, -0.25) is 10.3 Å². The lowest BCUT2D eigenvalue weighted by atomic mass is 9.96. The van der Waals surface area contributed by atoms with Crippen LogP contribution < -0.4 is 10.6 Å². The van der Waals surface area contributed by atoms with Crippen molar-refractivity contribution in [2.75, 3.05) is 11.9 Å². The lowest BCUT2D eigenvalue weighted by Crippen LogP contribution is -2.46. The van der Waals surface area contributed by atoms with Crippen molar-refractivity contribution in [1.82, 2.24) is 20.3 Å². The molecule has 0 aliphatic heterocycles. The zero-order chi connectivity index (χ0) is 17.9. The van der Waals surface area contributed by atoms with Crippen molar-refractivity contribution < 1.29 is 5.11 Å². The van der Waals surface area contributed by atoms with Gasteiger partial charge in [0.15, 0.2) is 5.82 Å². The molecule has 1 aliphatic carbocycles. The molecule has 25 heavy (non-hydrogen) atoms. The first-order chi connectivity index (χ1) is 11.9. The van der Waals surface area contributed by atoms with Crippen molar-refractivity contribution in [2.45, 2.75) is 58.2 Å². The van der Waals surface area contributed by atoms with Gasteiger partial charge in [-0.05, 0) is 58.6 Å². The Morgan fingerprint density at radius 2 is 1.96 bits per heavy atom. The fourth-order valence-corrected chi connectivity index (χ4v) is 3.09. The summed E-state index contributed by atoms with van der Waals surface area (Å²) in [6.07, 6.45) is 5.35.